The largest absolute Gasteiger partial charge is 0.437 e. The molecule has 0 unspecified atom stereocenters. The lowest BCUT2D eigenvalue weighted by Crippen LogP contribution is -2.41. The third-order valence-electron chi connectivity index (χ3n) is 5.19. The summed E-state index contributed by atoms with van der Waals surface area (Å²) in [6.07, 6.45) is 2.86. The highest BCUT2D eigenvalue weighted by Gasteiger charge is 2.34. The number of fused-ring (bicyclic) bond motifs is 1. The van der Waals surface area contributed by atoms with Gasteiger partial charge >= 0.3 is 5.91 Å². The number of hydrogen-bond donors (Lipinski definition) is 0. The number of oxazole rings is 1. The number of carbonyl (C=O) groups excluding carboxylic acids is 2. The van der Waals surface area contributed by atoms with Gasteiger partial charge in [-0.25, -0.2) is 4.98 Å². The number of carbonyl (C=O) groups is 2. The van der Waals surface area contributed by atoms with E-state index in [1.807, 2.05) is 0 Å². The molecule has 0 spiro atoms. The Bertz CT molecular complexity index is 667. The van der Waals surface area contributed by atoms with Gasteiger partial charge in [-0.05, 0) is 19.3 Å². The average Bonchev–Trinajstić information content (AvgIpc) is 3.39. The van der Waals surface area contributed by atoms with Gasteiger partial charge in [0, 0.05) is 39.8 Å². The van der Waals surface area contributed by atoms with Crippen LogP contribution in [0.5, 0.6) is 0 Å². The Morgan fingerprint density at radius 1 is 1.24 bits per heavy atom. The van der Waals surface area contributed by atoms with Crippen LogP contribution in [0.4, 0.5) is 0 Å². The second-order valence-corrected chi connectivity index (χ2v) is 6.80. The zero-order valence-electron chi connectivity index (χ0n) is 14.4. The van der Waals surface area contributed by atoms with Crippen molar-refractivity contribution in [1.29, 1.82) is 0 Å². The lowest BCUT2D eigenvalue weighted by molar-refractivity contribution is -0.142. The van der Waals surface area contributed by atoms with Crippen molar-refractivity contribution in [3.8, 4) is 0 Å². The van der Waals surface area contributed by atoms with Crippen LogP contribution in [0.1, 0.15) is 41.4 Å². The molecule has 0 aromatic carbocycles. The van der Waals surface area contributed by atoms with E-state index in [9.17, 15) is 9.59 Å². The summed E-state index contributed by atoms with van der Waals surface area (Å²) in [7, 11) is 1.65. The van der Waals surface area contributed by atoms with Gasteiger partial charge in [0.1, 0.15) is 17.6 Å². The molecule has 0 radical (unpaired) electrons. The molecule has 2 amide bonds. The summed E-state index contributed by atoms with van der Waals surface area (Å²) in [5, 5.41) is 0. The standard InChI is InChI=1S/C17H23N3O5/c1-23-11-4-6-19(9-11)17(22)15-18-12-10-20(7-5-13(12)25-15)16(21)14-3-2-8-24-14/h11,14H,2-10H2,1H3/t11-,14+/m0/s1. The minimum Gasteiger partial charge on any atom is -0.437 e. The Morgan fingerprint density at radius 3 is 2.84 bits per heavy atom. The fourth-order valence-corrected chi connectivity index (χ4v) is 3.69. The Hall–Kier alpha value is -1.93. The van der Waals surface area contributed by atoms with Crippen LogP contribution in [0.2, 0.25) is 0 Å². The fourth-order valence-electron chi connectivity index (χ4n) is 3.69. The van der Waals surface area contributed by atoms with Gasteiger partial charge in [0.25, 0.3) is 11.8 Å². The summed E-state index contributed by atoms with van der Waals surface area (Å²) >= 11 is 0. The van der Waals surface area contributed by atoms with E-state index in [1.165, 1.54) is 0 Å². The van der Waals surface area contributed by atoms with Crippen molar-refractivity contribution in [2.75, 3.05) is 33.4 Å². The van der Waals surface area contributed by atoms with E-state index in [4.69, 9.17) is 13.9 Å². The topological polar surface area (TPSA) is 85.1 Å². The molecule has 0 N–H and O–H groups in total. The molecule has 1 aromatic rings. The van der Waals surface area contributed by atoms with Crippen molar-refractivity contribution >= 4 is 11.8 Å². The van der Waals surface area contributed by atoms with Crippen LogP contribution in [-0.2, 0) is 27.2 Å². The normalized spacial score (nSPS) is 26.1. The van der Waals surface area contributed by atoms with Gasteiger partial charge in [-0.15, -0.1) is 0 Å². The van der Waals surface area contributed by atoms with Crippen LogP contribution in [0.15, 0.2) is 4.42 Å². The fraction of sp³-hybridized carbons (Fsp3) is 0.706. The van der Waals surface area contributed by atoms with E-state index in [0.29, 0.717) is 50.7 Å². The Morgan fingerprint density at radius 2 is 2.12 bits per heavy atom. The summed E-state index contributed by atoms with van der Waals surface area (Å²) in [6, 6.07) is 0. The molecular formula is C17H23N3O5. The zero-order valence-corrected chi connectivity index (χ0v) is 14.4. The second kappa shape index (κ2) is 6.76. The van der Waals surface area contributed by atoms with E-state index >= 15 is 0 Å². The van der Waals surface area contributed by atoms with Crippen LogP contribution in [0, 0.1) is 0 Å². The Kier molecular flexibility index (Phi) is 4.47. The van der Waals surface area contributed by atoms with E-state index in [-0.39, 0.29) is 29.9 Å². The summed E-state index contributed by atoms with van der Waals surface area (Å²) in [6.45, 7) is 2.81. The number of nitrogens with zero attached hydrogens (tertiary/aromatic N) is 3. The smallest absolute Gasteiger partial charge is 0.309 e. The third kappa shape index (κ3) is 3.16. The number of methoxy groups -OCH3 is 1. The van der Waals surface area contributed by atoms with Crippen molar-refractivity contribution in [2.45, 2.75) is 44.4 Å². The van der Waals surface area contributed by atoms with Crippen LogP contribution in [0.25, 0.3) is 0 Å². The predicted octanol–water partition coefficient (Wildman–Crippen LogP) is 0.599. The highest BCUT2D eigenvalue weighted by molar-refractivity contribution is 5.90. The maximum Gasteiger partial charge on any atom is 0.309 e. The molecule has 1 aromatic heterocycles. The van der Waals surface area contributed by atoms with E-state index in [1.54, 1.807) is 16.9 Å². The predicted molar refractivity (Wildman–Crippen MR) is 85.9 cm³/mol. The first-order chi connectivity index (χ1) is 12.2. The first-order valence-corrected chi connectivity index (χ1v) is 8.86. The Labute approximate surface area is 146 Å². The highest BCUT2D eigenvalue weighted by atomic mass is 16.5. The number of amides is 2. The molecule has 3 aliphatic heterocycles. The van der Waals surface area contributed by atoms with Gasteiger partial charge in [0.15, 0.2) is 0 Å². The number of rotatable bonds is 3. The van der Waals surface area contributed by atoms with Crippen molar-refractivity contribution < 1.29 is 23.5 Å². The maximum atomic E-state index is 12.6. The molecule has 0 aliphatic carbocycles. The maximum absolute atomic E-state index is 12.6. The molecular weight excluding hydrogens is 326 g/mol. The van der Waals surface area contributed by atoms with Crippen molar-refractivity contribution in [3.63, 3.8) is 0 Å². The molecule has 25 heavy (non-hydrogen) atoms. The van der Waals surface area contributed by atoms with Gasteiger partial charge in [-0.2, -0.15) is 0 Å². The van der Waals surface area contributed by atoms with E-state index in [2.05, 4.69) is 4.98 Å². The lowest BCUT2D eigenvalue weighted by atomic mass is 10.1. The molecule has 0 saturated carbocycles. The number of aromatic nitrogens is 1. The van der Waals surface area contributed by atoms with Crippen LogP contribution >= 0.6 is 0 Å². The van der Waals surface area contributed by atoms with Crippen molar-refractivity contribution in [1.82, 2.24) is 14.8 Å². The van der Waals surface area contributed by atoms with Gasteiger partial charge < -0.3 is 23.7 Å². The summed E-state index contributed by atoms with van der Waals surface area (Å²) in [4.78, 5) is 32.9. The molecule has 0 bridgehead atoms. The molecule has 2 atom stereocenters. The monoisotopic (exact) mass is 349 g/mol. The third-order valence-corrected chi connectivity index (χ3v) is 5.19. The molecule has 3 aliphatic rings. The Balaban J connectivity index is 1.43. The van der Waals surface area contributed by atoms with Crippen molar-refractivity contribution in [3.05, 3.63) is 17.3 Å². The number of likely N-dealkylation sites (tertiary alicyclic amines) is 1. The van der Waals surface area contributed by atoms with Gasteiger partial charge in [0.05, 0.1) is 12.6 Å². The summed E-state index contributed by atoms with van der Waals surface area (Å²) < 4.78 is 16.5. The minimum atomic E-state index is -0.329. The molecule has 8 heteroatoms. The molecule has 8 nitrogen and oxygen atoms in total. The molecule has 2 saturated heterocycles. The van der Waals surface area contributed by atoms with Crippen LogP contribution in [-0.4, -0.2) is 72.2 Å². The molecule has 4 heterocycles. The number of hydrogen-bond acceptors (Lipinski definition) is 6. The van der Waals surface area contributed by atoms with E-state index < -0.39 is 0 Å². The van der Waals surface area contributed by atoms with Gasteiger partial charge in [-0.1, -0.05) is 0 Å². The SMILES string of the molecule is CO[C@H]1CCN(C(=O)c2nc3c(o2)CCN(C(=O)[C@H]2CCCO2)C3)C1. The van der Waals surface area contributed by atoms with Gasteiger partial charge in [-0.3, -0.25) is 9.59 Å². The zero-order chi connectivity index (χ0) is 17.4. The van der Waals surface area contributed by atoms with Crippen molar-refractivity contribution in [2.24, 2.45) is 0 Å². The average molecular weight is 349 g/mol. The quantitative estimate of drug-likeness (QED) is 0.794. The lowest BCUT2D eigenvalue weighted by Gasteiger charge is -2.27. The van der Waals surface area contributed by atoms with Gasteiger partial charge in [0.2, 0.25) is 0 Å². The summed E-state index contributed by atoms with van der Waals surface area (Å²) in [5.41, 5.74) is 0.684. The summed E-state index contributed by atoms with van der Waals surface area (Å²) in [5.74, 6) is 0.642. The molecule has 136 valence electrons. The minimum absolute atomic E-state index is 0.0153. The second-order valence-electron chi connectivity index (χ2n) is 6.80. The highest BCUT2D eigenvalue weighted by Crippen LogP contribution is 2.24. The molecule has 4 rings (SSSR count). The van der Waals surface area contributed by atoms with E-state index in [0.717, 1.165) is 19.3 Å². The number of ether oxygens (including phenoxy) is 2. The van der Waals surface area contributed by atoms with Crippen LogP contribution in [0.3, 0.4) is 0 Å². The molecule has 2 fully saturated rings. The first kappa shape index (κ1) is 16.5. The van der Waals surface area contributed by atoms with Crippen LogP contribution < -0.4 is 0 Å². The first-order valence-electron chi connectivity index (χ1n) is 8.86.